The maximum Gasteiger partial charge on any atom is 0.250 e. The Morgan fingerprint density at radius 2 is 2.50 bits per heavy atom. The molecular formula is C7H9N3O2. The minimum absolute atomic E-state index is 0.104. The zero-order chi connectivity index (χ0) is 8.97. The van der Waals surface area contributed by atoms with Crippen molar-refractivity contribution in [1.82, 2.24) is 15.3 Å². The van der Waals surface area contributed by atoms with Crippen LogP contribution in [0.1, 0.15) is 5.82 Å². The van der Waals surface area contributed by atoms with Crippen LogP contribution in [0.25, 0.3) is 0 Å². The highest BCUT2D eigenvalue weighted by Crippen LogP contribution is 1.84. The first-order valence-electron chi connectivity index (χ1n) is 3.47. The fraction of sp³-hybridized carbons (Fsp3) is 0.286. The van der Waals surface area contributed by atoms with Crippen molar-refractivity contribution < 1.29 is 4.79 Å². The lowest BCUT2D eigenvalue weighted by Gasteiger charge is -1.97. The summed E-state index contributed by atoms with van der Waals surface area (Å²) in [5.74, 6) is 0.200. The minimum Gasteiger partial charge on any atom is -0.359 e. The van der Waals surface area contributed by atoms with Gasteiger partial charge < -0.3 is 10.3 Å². The Morgan fingerprint density at radius 3 is 3.08 bits per heavy atom. The first-order valence-corrected chi connectivity index (χ1v) is 3.47. The third-order valence-corrected chi connectivity index (χ3v) is 1.33. The standard InChI is InChI=1S/C7H9N3O2/c1-8-7(12)4-5-9-3-2-6(11)10-5/h2-3H,4H2,1H3,(H,8,12)(H,9,10,11). The number of carbonyl (C=O) groups is 1. The summed E-state index contributed by atoms with van der Waals surface area (Å²) in [6.45, 7) is 0. The molecule has 0 saturated carbocycles. The van der Waals surface area contributed by atoms with E-state index in [1.807, 2.05) is 0 Å². The van der Waals surface area contributed by atoms with Crippen molar-refractivity contribution in [2.75, 3.05) is 7.05 Å². The normalized spacial score (nSPS) is 9.42. The number of carbonyl (C=O) groups excluding carboxylic acids is 1. The van der Waals surface area contributed by atoms with Crippen molar-refractivity contribution in [3.05, 3.63) is 28.4 Å². The summed E-state index contributed by atoms with van der Waals surface area (Å²) in [6, 6.07) is 1.30. The number of H-pyrrole nitrogens is 1. The Labute approximate surface area is 68.8 Å². The average molecular weight is 167 g/mol. The second-order valence-electron chi connectivity index (χ2n) is 2.23. The predicted octanol–water partition coefficient (Wildman–Crippen LogP) is -0.942. The van der Waals surface area contributed by atoms with Gasteiger partial charge in [0, 0.05) is 19.3 Å². The highest BCUT2D eigenvalue weighted by molar-refractivity contribution is 5.77. The molecule has 5 heteroatoms. The van der Waals surface area contributed by atoms with Gasteiger partial charge in [0.15, 0.2) is 0 Å². The molecule has 2 N–H and O–H groups in total. The molecule has 1 aromatic heterocycles. The number of likely N-dealkylation sites (N-methyl/N-ethyl adjacent to an activating group) is 1. The number of rotatable bonds is 2. The van der Waals surface area contributed by atoms with E-state index in [0.29, 0.717) is 5.82 Å². The fourth-order valence-electron chi connectivity index (χ4n) is 0.741. The van der Waals surface area contributed by atoms with Gasteiger partial charge in [-0.15, -0.1) is 0 Å². The molecule has 0 spiro atoms. The van der Waals surface area contributed by atoms with Crippen LogP contribution in [-0.2, 0) is 11.2 Å². The summed E-state index contributed by atoms with van der Waals surface area (Å²) in [5, 5.41) is 2.43. The maximum absolute atomic E-state index is 10.8. The van der Waals surface area contributed by atoms with Gasteiger partial charge in [-0.25, -0.2) is 4.98 Å². The Kier molecular flexibility index (Phi) is 2.57. The van der Waals surface area contributed by atoms with Crippen LogP contribution in [0.4, 0.5) is 0 Å². The van der Waals surface area contributed by atoms with Gasteiger partial charge in [0.05, 0.1) is 6.42 Å². The quantitative estimate of drug-likeness (QED) is 0.596. The van der Waals surface area contributed by atoms with Crippen LogP contribution in [-0.4, -0.2) is 22.9 Å². The highest BCUT2D eigenvalue weighted by atomic mass is 16.1. The molecule has 0 atom stereocenters. The van der Waals surface area contributed by atoms with E-state index < -0.39 is 0 Å². The number of aromatic nitrogens is 2. The summed E-state index contributed by atoms with van der Waals surface area (Å²) < 4.78 is 0. The molecule has 1 aromatic rings. The van der Waals surface area contributed by atoms with E-state index in [2.05, 4.69) is 15.3 Å². The van der Waals surface area contributed by atoms with E-state index in [4.69, 9.17) is 0 Å². The summed E-state index contributed by atoms with van der Waals surface area (Å²) in [6.07, 6.45) is 1.48. The van der Waals surface area contributed by atoms with Crippen LogP contribution < -0.4 is 10.9 Å². The molecule has 1 amide bonds. The summed E-state index contributed by atoms with van der Waals surface area (Å²) in [7, 11) is 1.53. The Morgan fingerprint density at radius 1 is 1.75 bits per heavy atom. The molecule has 0 aliphatic heterocycles. The van der Waals surface area contributed by atoms with Crippen LogP contribution in [0.3, 0.4) is 0 Å². The van der Waals surface area contributed by atoms with Crippen LogP contribution in [0.2, 0.25) is 0 Å². The Bertz CT molecular complexity index is 331. The van der Waals surface area contributed by atoms with E-state index in [1.165, 1.54) is 19.3 Å². The van der Waals surface area contributed by atoms with Gasteiger partial charge in [-0.3, -0.25) is 9.59 Å². The summed E-state index contributed by atoms with van der Waals surface area (Å²) >= 11 is 0. The van der Waals surface area contributed by atoms with E-state index in [-0.39, 0.29) is 17.9 Å². The molecule has 0 aliphatic carbocycles. The smallest absolute Gasteiger partial charge is 0.250 e. The fourth-order valence-corrected chi connectivity index (χ4v) is 0.741. The van der Waals surface area contributed by atoms with Crippen LogP contribution in [0.5, 0.6) is 0 Å². The van der Waals surface area contributed by atoms with Gasteiger partial charge in [0.1, 0.15) is 5.82 Å². The summed E-state index contributed by atoms with van der Waals surface area (Å²) in [5.41, 5.74) is -0.246. The van der Waals surface area contributed by atoms with Crippen LogP contribution in [0, 0.1) is 0 Å². The van der Waals surface area contributed by atoms with Gasteiger partial charge in [-0.05, 0) is 0 Å². The Balaban J connectivity index is 2.76. The maximum atomic E-state index is 10.8. The van der Waals surface area contributed by atoms with Gasteiger partial charge in [-0.2, -0.15) is 0 Å². The molecule has 0 bridgehead atoms. The predicted molar refractivity (Wildman–Crippen MR) is 42.6 cm³/mol. The van der Waals surface area contributed by atoms with Gasteiger partial charge in [0.25, 0.3) is 5.56 Å². The molecule has 0 saturated heterocycles. The molecule has 1 rings (SSSR count). The molecule has 0 radical (unpaired) electrons. The Hall–Kier alpha value is -1.65. The molecule has 0 aliphatic rings. The highest BCUT2D eigenvalue weighted by Gasteiger charge is 2.01. The second-order valence-corrected chi connectivity index (χ2v) is 2.23. The third-order valence-electron chi connectivity index (χ3n) is 1.33. The first-order chi connectivity index (χ1) is 5.72. The lowest BCUT2D eigenvalue weighted by atomic mass is 10.4. The topological polar surface area (TPSA) is 74.8 Å². The van der Waals surface area contributed by atoms with Crippen molar-refractivity contribution in [3.8, 4) is 0 Å². The second kappa shape index (κ2) is 3.66. The van der Waals surface area contributed by atoms with Crippen LogP contribution in [0.15, 0.2) is 17.1 Å². The number of aromatic amines is 1. The molecule has 5 nitrogen and oxygen atoms in total. The van der Waals surface area contributed by atoms with Gasteiger partial charge in [-0.1, -0.05) is 0 Å². The van der Waals surface area contributed by atoms with Gasteiger partial charge >= 0.3 is 0 Å². The number of hydrogen-bond acceptors (Lipinski definition) is 3. The number of amides is 1. The number of hydrogen-bond donors (Lipinski definition) is 2. The van der Waals surface area contributed by atoms with Crippen molar-refractivity contribution in [2.45, 2.75) is 6.42 Å². The molecular weight excluding hydrogens is 158 g/mol. The zero-order valence-electron chi connectivity index (χ0n) is 6.63. The molecule has 64 valence electrons. The zero-order valence-corrected chi connectivity index (χ0v) is 6.63. The first kappa shape index (κ1) is 8.45. The van der Waals surface area contributed by atoms with E-state index in [9.17, 15) is 9.59 Å². The van der Waals surface area contributed by atoms with Crippen molar-refractivity contribution >= 4 is 5.91 Å². The van der Waals surface area contributed by atoms with E-state index in [1.54, 1.807) is 0 Å². The third kappa shape index (κ3) is 2.19. The average Bonchev–Trinajstić information content (AvgIpc) is 2.04. The molecule has 0 aromatic carbocycles. The van der Waals surface area contributed by atoms with Crippen molar-refractivity contribution in [1.29, 1.82) is 0 Å². The summed E-state index contributed by atoms with van der Waals surface area (Å²) in [4.78, 5) is 27.8. The lowest BCUT2D eigenvalue weighted by Crippen LogP contribution is -2.22. The number of nitrogens with zero attached hydrogens (tertiary/aromatic N) is 1. The van der Waals surface area contributed by atoms with Crippen LogP contribution >= 0.6 is 0 Å². The molecule has 12 heavy (non-hydrogen) atoms. The van der Waals surface area contributed by atoms with Gasteiger partial charge in [0.2, 0.25) is 5.91 Å². The molecule has 0 unspecified atom stereocenters. The number of nitrogens with one attached hydrogen (secondary N) is 2. The van der Waals surface area contributed by atoms with Crippen molar-refractivity contribution in [3.63, 3.8) is 0 Å². The minimum atomic E-state index is -0.246. The van der Waals surface area contributed by atoms with Crippen molar-refractivity contribution in [2.24, 2.45) is 0 Å². The SMILES string of the molecule is CNC(=O)Cc1nccc(=O)[nH]1. The molecule has 0 fully saturated rings. The largest absolute Gasteiger partial charge is 0.359 e. The molecule has 1 heterocycles. The van der Waals surface area contributed by atoms with E-state index >= 15 is 0 Å². The van der Waals surface area contributed by atoms with E-state index in [0.717, 1.165) is 0 Å². The lowest BCUT2D eigenvalue weighted by molar-refractivity contribution is -0.120. The monoisotopic (exact) mass is 167 g/mol.